The summed E-state index contributed by atoms with van der Waals surface area (Å²) in [5.41, 5.74) is 3.19. The number of nitrogens with one attached hydrogen (secondary N) is 2. The highest BCUT2D eigenvalue weighted by molar-refractivity contribution is 6.24. The number of aryl methyl sites for hydroxylation is 2. The van der Waals surface area contributed by atoms with Gasteiger partial charge in [-0.15, -0.1) is 0 Å². The fraction of sp³-hybridized carbons (Fsp3) is 0.532. The summed E-state index contributed by atoms with van der Waals surface area (Å²) >= 11 is 0. The molecule has 2 aromatic carbocycles. The molecule has 2 saturated heterocycles. The van der Waals surface area contributed by atoms with Gasteiger partial charge in [0, 0.05) is 75.5 Å². The zero-order chi connectivity index (χ0) is 44.5. The highest BCUT2D eigenvalue weighted by Gasteiger charge is 2.47. The molecule has 8 rings (SSSR count). The molecule has 3 aliphatic heterocycles. The Morgan fingerprint density at radius 3 is 2.17 bits per heavy atom. The molecule has 16 nitrogen and oxygen atoms in total. The van der Waals surface area contributed by atoms with Crippen LogP contribution in [0.4, 0.5) is 5.95 Å². The van der Waals surface area contributed by atoms with E-state index in [9.17, 15) is 29.2 Å². The molecular formula is C47H56N8O8. The fourth-order valence-corrected chi connectivity index (χ4v) is 9.81. The quantitative estimate of drug-likeness (QED) is 0.218. The number of aromatic nitrogens is 2. The maximum atomic E-state index is 13.5. The van der Waals surface area contributed by atoms with E-state index in [0.717, 1.165) is 92.8 Å². The first kappa shape index (κ1) is 43.6. The molecule has 1 atom stereocenters. The van der Waals surface area contributed by atoms with Crippen LogP contribution < -0.4 is 29.7 Å². The van der Waals surface area contributed by atoms with Gasteiger partial charge in [0.1, 0.15) is 29.4 Å². The first-order valence-corrected chi connectivity index (χ1v) is 22.2. The molecule has 63 heavy (non-hydrogen) atoms. The highest BCUT2D eigenvalue weighted by atomic mass is 16.5. The minimum absolute atomic E-state index is 0.0429. The molecule has 3 aromatic rings. The standard InChI is InChI=1S/C47H56N8O8/c1-26(2)54(32-18-35(19-32)63-36-20-37-42(40(21-36)61-5)46(60)55(45(37)59)39-10-11-41(56)52-44(39)58)25-29-12-14-53(15-13-29)47-49-23-30(24-50-47)43(57)51-31-6-8-33(9-7-31)62-34-16-27(3)38(22-48)28(4)17-34/h16-17,20-21,23-24,26,29,31-33,35,39H,6-15,18-19,25H2,1-5H3,(H,51,57)(H,52,56,58). The number of ether oxygens (including phenoxy) is 3. The number of nitrogens with zero attached hydrogens (tertiary/aromatic N) is 6. The van der Waals surface area contributed by atoms with Crippen LogP contribution in [0.25, 0.3) is 0 Å². The maximum absolute atomic E-state index is 13.5. The topological polar surface area (TPSA) is 196 Å². The van der Waals surface area contributed by atoms with Gasteiger partial charge in [-0.05, 0) is 108 Å². The van der Waals surface area contributed by atoms with Crippen LogP contribution in [0.5, 0.6) is 17.2 Å². The molecule has 2 N–H and O–H groups in total. The molecule has 2 aliphatic carbocycles. The predicted octanol–water partition coefficient (Wildman–Crippen LogP) is 5.03. The number of piperidine rings is 2. The van der Waals surface area contributed by atoms with Crippen molar-refractivity contribution in [2.24, 2.45) is 5.92 Å². The summed E-state index contributed by atoms with van der Waals surface area (Å²) in [5.74, 6) is 0.0682. The Hall–Kier alpha value is -6.08. The van der Waals surface area contributed by atoms with Crippen molar-refractivity contribution in [1.29, 1.82) is 5.26 Å². The van der Waals surface area contributed by atoms with Crippen LogP contribution in [0.1, 0.15) is 126 Å². The average Bonchev–Trinajstić information content (AvgIpc) is 3.50. The molecule has 4 fully saturated rings. The van der Waals surface area contributed by atoms with Crippen molar-refractivity contribution in [1.82, 2.24) is 30.4 Å². The fourth-order valence-electron chi connectivity index (χ4n) is 9.81. The van der Waals surface area contributed by atoms with Gasteiger partial charge >= 0.3 is 0 Å². The van der Waals surface area contributed by atoms with Gasteiger partial charge in [-0.2, -0.15) is 5.26 Å². The molecule has 2 saturated carbocycles. The number of benzene rings is 2. The van der Waals surface area contributed by atoms with Crippen molar-refractivity contribution in [2.45, 2.75) is 128 Å². The Labute approximate surface area is 367 Å². The van der Waals surface area contributed by atoms with Gasteiger partial charge in [0.2, 0.25) is 17.8 Å². The van der Waals surface area contributed by atoms with E-state index in [-0.39, 0.29) is 53.9 Å². The summed E-state index contributed by atoms with van der Waals surface area (Å²) in [4.78, 5) is 79.1. The molecule has 0 radical (unpaired) electrons. The summed E-state index contributed by atoms with van der Waals surface area (Å²) in [7, 11) is 1.42. The lowest BCUT2D eigenvalue weighted by atomic mass is 9.85. The molecule has 1 unspecified atom stereocenters. The molecule has 1 aromatic heterocycles. The van der Waals surface area contributed by atoms with E-state index in [1.807, 2.05) is 26.0 Å². The van der Waals surface area contributed by atoms with E-state index >= 15 is 0 Å². The summed E-state index contributed by atoms with van der Waals surface area (Å²) in [6, 6.07) is 8.95. The number of anilines is 1. The van der Waals surface area contributed by atoms with Gasteiger partial charge < -0.3 is 24.4 Å². The van der Waals surface area contributed by atoms with E-state index in [1.54, 1.807) is 24.5 Å². The van der Waals surface area contributed by atoms with Crippen LogP contribution in [-0.2, 0) is 9.59 Å². The zero-order valence-electron chi connectivity index (χ0n) is 36.6. The van der Waals surface area contributed by atoms with Gasteiger partial charge in [0.15, 0.2) is 0 Å². The van der Waals surface area contributed by atoms with Crippen LogP contribution in [0.15, 0.2) is 36.7 Å². The molecule has 0 spiro atoms. The molecule has 4 heterocycles. The number of carbonyl (C=O) groups excluding carboxylic acids is 5. The van der Waals surface area contributed by atoms with Gasteiger partial charge in [-0.3, -0.25) is 39.1 Å². The largest absolute Gasteiger partial charge is 0.496 e. The Morgan fingerprint density at radius 2 is 1.56 bits per heavy atom. The van der Waals surface area contributed by atoms with Crippen molar-refractivity contribution in [3.63, 3.8) is 0 Å². The van der Waals surface area contributed by atoms with Crippen molar-refractivity contribution >= 4 is 35.5 Å². The molecule has 16 heteroatoms. The normalized spacial score (nSPS) is 23.9. The third-order valence-corrected chi connectivity index (χ3v) is 13.4. The Balaban J connectivity index is 0.778. The first-order chi connectivity index (χ1) is 30.3. The Bertz CT molecular complexity index is 2280. The number of methoxy groups -OCH3 is 1. The van der Waals surface area contributed by atoms with Gasteiger partial charge in [-0.25, -0.2) is 9.97 Å². The van der Waals surface area contributed by atoms with Crippen molar-refractivity contribution in [2.75, 3.05) is 31.6 Å². The SMILES string of the molecule is COc1cc(OC2CC(N(CC3CCN(c4ncc(C(=O)NC5CCC(Oc6cc(C)c(C#N)c(C)c6)CC5)cn4)CC3)C(C)C)C2)cc2c1C(=O)N(C1CCC(=O)NC1=O)C2=O. The molecule has 5 amide bonds. The summed E-state index contributed by atoms with van der Waals surface area (Å²) in [5, 5.41) is 14.8. The molecule has 5 aliphatic rings. The number of amides is 5. The minimum Gasteiger partial charge on any atom is -0.496 e. The summed E-state index contributed by atoms with van der Waals surface area (Å²) in [6.07, 6.45) is 10.3. The number of imide groups is 2. The number of fused-ring (bicyclic) bond motifs is 1. The van der Waals surface area contributed by atoms with Gasteiger partial charge in [0.05, 0.1) is 41.5 Å². The second kappa shape index (κ2) is 18.3. The van der Waals surface area contributed by atoms with Crippen LogP contribution in [0.2, 0.25) is 0 Å². The smallest absolute Gasteiger partial charge is 0.266 e. The molecular weight excluding hydrogens is 805 g/mol. The lowest BCUT2D eigenvalue weighted by Gasteiger charge is -2.46. The number of hydrogen-bond acceptors (Lipinski definition) is 13. The second-order valence-electron chi connectivity index (χ2n) is 18.0. The summed E-state index contributed by atoms with van der Waals surface area (Å²) < 4.78 is 18.1. The van der Waals surface area contributed by atoms with Gasteiger partial charge in [0.25, 0.3) is 17.7 Å². The Kier molecular flexibility index (Phi) is 12.7. The van der Waals surface area contributed by atoms with Crippen molar-refractivity contribution in [3.8, 4) is 23.3 Å². The minimum atomic E-state index is -1.06. The van der Waals surface area contributed by atoms with E-state index in [4.69, 9.17) is 14.2 Å². The van der Waals surface area contributed by atoms with E-state index in [1.165, 1.54) is 7.11 Å². The van der Waals surface area contributed by atoms with E-state index < -0.39 is 29.7 Å². The maximum Gasteiger partial charge on any atom is 0.266 e. The molecule has 0 bridgehead atoms. The molecule has 332 valence electrons. The van der Waals surface area contributed by atoms with Gasteiger partial charge in [-0.1, -0.05) is 0 Å². The third kappa shape index (κ3) is 9.20. The first-order valence-electron chi connectivity index (χ1n) is 22.2. The lowest BCUT2D eigenvalue weighted by Crippen LogP contribution is -2.54. The zero-order valence-corrected chi connectivity index (χ0v) is 36.6. The third-order valence-electron chi connectivity index (χ3n) is 13.4. The van der Waals surface area contributed by atoms with Crippen LogP contribution >= 0.6 is 0 Å². The van der Waals surface area contributed by atoms with E-state index in [2.05, 4.69) is 50.3 Å². The van der Waals surface area contributed by atoms with Crippen molar-refractivity contribution in [3.05, 3.63) is 70.0 Å². The highest BCUT2D eigenvalue weighted by Crippen LogP contribution is 2.40. The average molecular weight is 861 g/mol. The lowest BCUT2D eigenvalue weighted by molar-refractivity contribution is -0.136. The number of rotatable bonds is 13. The monoisotopic (exact) mass is 860 g/mol. The number of hydrogen-bond donors (Lipinski definition) is 2. The Morgan fingerprint density at radius 1 is 0.905 bits per heavy atom. The van der Waals surface area contributed by atoms with Crippen LogP contribution in [-0.4, -0.2) is 112 Å². The predicted molar refractivity (Wildman–Crippen MR) is 231 cm³/mol. The van der Waals surface area contributed by atoms with Crippen molar-refractivity contribution < 1.29 is 38.2 Å². The van der Waals surface area contributed by atoms with Crippen LogP contribution in [0.3, 0.4) is 0 Å². The number of nitriles is 1. The van der Waals surface area contributed by atoms with Crippen LogP contribution in [0, 0.1) is 31.1 Å². The number of carbonyl (C=O) groups is 5. The second-order valence-corrected chi connectivity index (χ2v) is 18.0. The van der Waals surface area contributed by atoms with E-state index in [0.29, 0.717) is 40.8 Å². The summed E-state index contributed by atoms with van der Waals surface area (Å²) in [6.45, 7) is 10.9.